The molecule has 0 aliphatic rings. The second-order valence-corrected chi connectivity index (χ2v) is 5.21. The summed E-state index contributed by atoms with van der Waals surface area (Å²) < 4.78 is 15.7. The first-order chi connectivity index (χ1) is 11.5. The van der Waals surface area contributed by atoms with E-state index in [9.17, 15) is 9.59 Å². The van der Waals surface area contributed by atoms with E-state index in [0.29, 0.717) is 34.0 Å². The number of benzene rings is 1. The Kier molecular flexibility index (Phi) is 5.63. The minimum atomic E-state index is -0.470. The second-order valence-electron chi connectivity index (χ2n) is 5.21. The third-order valence-electron chi connectivity index (χ3n) is 3.62. The van der Waals surface area contributed by atoms with Crippen LogP contribution in [-0.4, -0.2) is 37.1 Å². The van der Waals surface area contributed by atoms with Gasteiger partial charge in [-0.1, -0.05) is 12.1 Å². The number of carbonyl (C=O) groups excluding carboxylic acids is 2. The van der Waals surface area contributed by atoms with E-state index in [1.54, 1.807) is 39.0 Å². The number of aromatic nitrogens is 1. The SMILES string of the molecule is CCOC(=O)c1[nH]c(C)c(C(=O)COc2ccccc2OC)c1C. The molecule has 1 heterocycles. The van der Waals surface area contributed by atoms with Gasteiger partial charge in [0.05, 0.1) is 13.7 Å². The highest BCUT2D eigenvalue weighted by Gasteiger charge is 2.23. The van der Waals surface area contributed by atoms with Gasteiger partial charge in [-0.2, -0.15) is 0 Å². The lowest BCUT2D eigenvalue weighted by Gasteiger charge is -2.10. The molecule has 0 saturated heterocycles. The Balaban J connectivity index is 2.17. The second kappa shape index (κ2) is 7.68. The van der Waals surface area contributed by atoms with Crippen molar-refractivity contribution in [2.24, 2.45) is 0 Å². The average Bonchev–Trinajstić information content (AvgIpc) is 2.88. The number of Topliss-reactive ketones (excluding diaryl/α,β-unsaturated/α-hetero) is 1. The van der Waals surface area contributed by atoms with Crippen LogP contribution in [0.25, 0.3) is 0 Å². The first-order valence-corrected chi connectivity index (χ1v) is 7.64. The Bertz CT molecular complexity index is 748. The molecular formula is C18H21NO5. The molecular weight excluding hydrogens is 310 g/mol. The maximum Gasteiger partial charge on any atom is 0.355 e. The first-order valence-electron chi connectivity index (χ1n) is 7.64. The van der Waals surface area contributed by atoms with Gasteiger partial charge in [-0.25, -0.2) is 4.79 Å². The number of aromatic amines is 1. The molecule has 0 bridgehead atoms. The summed E-state index contributed by atoms with van der Waals surface area (Å²) in [5.74, 6) is 0.357. The van der Waals surface area contributed by atoms with Crippen LogP contribution in [0.5, 0.6) is 11.5 Å². The van der Waals surface area contributed by atoms with Crippen LogP contribution >= 0.6 is 0 Å². The number of nitrogens with one attached hydrogen (secondary N) is 1. The number of hydrogen-bond acceptors (Lipinski definition) is 5. The zero-order valence-electron chi connectivity index (χ0n) is 14.3. The molecule has 0 amide bonds. The molecule has 6 nitrogen and oxygen atoms in total. The molecule has 2 rings (SSSR count). The maximum atomic E-state index is 12.5. The van der Waals surface area contributed by atoms with Gasteiger partial charge >= 0.3 is 5.97 Å². The molecule has 0 spiro atoms. The first kappa shape index (κ1) is 17.6. The van der Waals surface area contributed by atoms with Crippen LogP contribution < -0.4 is 9.47 Å². The minimum absolute atomic E-state index is 0.151. The Morgan fingerprint density at radius 2 is 1.79 bits per heavy atom. The lowest BCUT2D eigenvalue weighted by Crippen LogP contribution is -2.14. The van der Waals surface area contributed by atoms with Gasteiger partial charge in [-0.05, 0) is 38.5 Å². The van der Waals surface area contributed by atoms with E-state index < -0.39 is 5.97 Å². The van der Waals surface area contributed by atoms with E-state index in [1.165, 1.54) is 7.11 Å². The zero-order chi connectivity index (χ0) is 17.7. The molecule has 0 aliphatic carbocycles. The predicted molar refractivity (Wildman–Crippen MR) is 89.0 cm³/mol. The van der Waals surface area contributed by atoms with Crippen molar-refractivity contribution in [2.75, 3.05) is 20.3 Å². The third-order valence-corrected chi connectivity index (χ3v) is 3.62. The molecule has 0 saturated carbocycles. The summed E-state index contributed by atoms with van der Waals surface area (Å²) in [6, 6.07) is 7.10. The van der Waals surface area contributed by atoms with E-state index in [0.717, 1.165) is 0 Å². The minimum Gasteiger partial charge on any atom is -0.493 e. The summed E-state index contributed by atoms with van der Waals surface area (Å²) in [7, 11) is 1.54. The van der Waals surface area contributed by atoms with Crippen LogP contribution in [0.3, 0.4) is 0 Å². The normalized spacial score (nSPS) is 10.3. The zero-order valence-corrected chi connectivity index (χ0v) is 14.3. The van der Waals surface area contributed by atoms with E-state index in [2.05, 4.69) is 4.98 Å². The Labute approximate surface area is 140 Å². The Morgan fingerprint density at radius 1 is 1.12 bits per heavy atom. The fourth-order valence-corrected chi connectivity index (χ4v) is 2.53. The highest BCUT2D eigenvalue weighted by atomic mass is 16.5. The van der Waals surface area contributed by atoms with Gasteiger partial charge in [0, 0.05) is 11.3 Å². The number of carbonyl (C=O) groups is 2. The van der Waals surface area contributed by atoms with Gasteiger partial charge in [-0.15, -0.1) is 0 Å². The van der Waals surface area contributed by atoms with Crippen molar-refractivity contribution in [3.05, 3.63) is 46.8 Å². The van der Waals surface area contributed by atoms with Crippen molar-refractivity contribution < 1.29 is 23.8 Å². The number of ketones is 1. The molecule has 24 heavy (non-hydrogen) atoms. The average molecular weight is 331 g/mol. The number of H-pyrrole nitrogens is 1. The molecule has 0 atom stereocenters. The summed E-state index contributed by atoms with van der Waals surface area (Å²) in [6.07, 6.45) is 0. The van der Waals surface area contributed by atoms with Gasteiger partial charge in [0.25, 0.3) is 0 Å². The van der Waals surface area contributed by atoms with E-state index in [-0.39, 0.29) is 19.0 Å². The van der Waals surface area contributed by atoms with Crippen LogP contribution in [0, 0.1) is 13.8 Å². The number of aryl methyl sites for hydroxylation is 1. The standard InChI is InChI=1S/C18H21NO5/c1-5-23-18(21)17-11(2)16(12(3)19-17)13(20)10-24-15-9-7-6-8-14(15)22-4/h6-9,19H,5,10H2,1-4H3. The summed E-state index contributed by atoms with van der Waals surface area (Å²) in [4.78, 5) is 27.3. The molecule has 1 N–H and O–H groups in total. The topological polar surface area (TPSA) is 77.6 Å². The number of methoxy groups -OCH3 is 1. The van der Waals surface area contributed by atoms with Crippen LogP contribution in [0.2, 0.25) is 0 Å². The molecule has 1 aromatic carbocycles. The number of esters is 1. The predicted octanol–water partition coefficient (Wildman–Crippen LogP) is 3.08. The smallest absolute Gasteiger partial charge is 0.355 e. The number of rotatable bonds is 7. The molecule has 6 heteroatoms. The number of ether oxygens (including phenoxy) is 3. The van der Waals surface area contributed by atoms with Crippen LogP contribution in [0.1, 0.15) is 39.0 Å². The summed E-state index contributed by atoms with van der Waals surface area (Å²) in [6.45, 7) is 5.31. The van der Waals surface area contributed by atoms with Crippen LogP contribution in [0.15, 0.2) is 24.3 Å². The lowest BCUT2D eigenvalue weighted by atomic mass is 10.1. The Hall–Kier alpha value is -2.76. The van der Waals surface area contributed by atoms with Gasteiger partial charge in [-0.3, -0.25) is 4.79 Å². The van der Waals surface area contributed by atoms with Crippen LogP contribution in [0.4, 0.5) is 0 Å². The van der Waals surface area contributed by atoms with E-state index in [4.69, 9.17) is 14.2 Å². The summed E-state index contributed by atoms with van der Waals surface area (Å²) >= 11 is 0. The number of para-hydroxylation sites is 2. The molecule has 1 aromatic heterocycles. The van der Waals surface area contributed by atoms with Crippen molar-refractivity contribution in [1.82, 2.24) is 4.98 Å². The van der Waals surface area contributed by atoms with Crippen molar-refractivity contribution in [3.8, 4) is 11.5 Å². The fraction of sp³-hybridized carbons (Fsp3) is 0.333. The Morgan fingerprint density at radius 3 is 2.42 bits per heavy atom. The van der Waals surface area contributed by atoms with E-state index >= 15 is 0 Å². The summed E-state index contributed by atoms with van der Waals surface area (Å²) in [5, 5.41) is 0. The summed E-state index contributed by atoms with van der Waals surface area (Å²) in [5.41, 5.74) is 1.94. The van der Waals surface area contributed by atoms with Gasteiger partial charge < -0.3 is 19.2 Å². The molecule has 0 unspecified atom stereocenters. The molecule has 0 fully saturated rings. The quantitative estimate of drug-likeness (QED) is 0.623. The third kappa shape index (κ3) is 3.59. The number of hydrogen-bond donors (Lipinski definition) is 1. The molecule has 0 aliphatic heterocycles. The highest BCUT2D eigenvalue weighted by Crippen LogP contribution is 2.26. The fourth-order valence-electron chi connectivity index (χ4n) is 2.53. The maximum absolute atomic E-state index is 12.5. The van der Waals surface area contributed by atoms with Crippen molar-refractivity contribution in [3.63, 3.8) is 0 Å². The van der Waals surface area contributed by atoms with E-state index in [1.807, 2.05) is 6.07 Å². The monoisotopic (exact) mass is 331 g/mol. The van der Waals surface area contributed by atoms with Gasteiger partial charge in [0.15, 0.2) is 18.1 Å². The lowest BCUT2D eigenvalue weighted by molar-refractivity contribution is 0.0519. The molecule has 2 aromatic rings. The molecule has 0 radical (unpaired) electrons. The van der Waals surface area contributed by atoms with Crippen LogP contribution in [-0.2, 0) is 4.74 Å². The van der Waals surface area contributed by atoms with Crippen molar-refractivity contribution in [1.29, 1.82) is 0 Å². The highest BCUT2D eigenvalue weighted by molar-refractivity contribution is 6.03. The van der Waals surface area contributed by atoms with Gasteiger partial charge in [0.1, 0.15) is 5.69 Å². The van der Waals surface area contributed by atoms with Gasteiger partial charge in [0.2, 0.25) is 5.78 Å². The molecule has 128 valence electrons. The van der Waals surface area contributed by atoms with Crippen molar-refractivity contribution in [2.45, 2.75) is 20.8 Å². The van der Waals surface area contributed by atoms with Crippen molar-refractivity contribution >= 4 is 11.8 Å². The largest absolute Gasteiger partial charge is 0.493 e.